The summed E-state index contributed by atoms with van der Waals surface area (Å²) in [7, 11) is 0. The van der Waals surface area contributed by atoms with Gasteiger partial charge in [0.15, 0.2) is 0 Å². The summed E-state index contributed by atoms with van der Waals surface area (Å²) in [6.07, 6.45) is 5.56. The average molecular weight is 656 g/mol. The van der Waals surface area contributed by atoms with Gasteiger partial charge in [-0.3, -0.25) is 14.1 Å². The van der Waals surface area contributed by atoms with Crippen molar-refractivity contribution < 1.29 is 18.7 Å². The van der Waals surface area contributed by atoms with Crippen molar-refractivity contribution in [3.8, 4) is 33.1 Å². The van der Waals surface area contributed by atoms with Crippen LogP contribution in [0.25, 0.3) is 38.7 Å². The normalized spacial score (nSPS) is 17.6. The van der Waals surface area contributed by atoms with Crippen LogP contribution in [0.5, 0.6) is 0 Å². The molecule has 2 aliphatic heterocycles. The van der Waals surface area contributed by atoms with Crippen LogP contribution in [0, 0.1) is 24.5 Å². The van der Waals surface area contributed by atoms with E-state index < -0.39 is 0 Å². The smallest absolute Gasteiger partial charge is 0.236 e. The Bertz CT molecular complexity index is 1910. The Morgan fingerprint density at radius 3 is 2.47 bits per heavy atom. The predicted octanol–water partition coefficient (Wildman–Crippen LogP) is 6.96. The van der Waals surface area contributed by atoms with Crippen molar-refractivity contribution in [2.24, 2.45) is 5.92 Å². The molecular formula is C37H39F2N5O2S. The number of carbonyl (C=O) groups excluding carboxylic acids is 1. The second-order valence-corrected chi connectivity index (χ2v) is 13.7. The molecule has 3 aromatic heterocycles. The molecule has 0 aliphatic carbocycles. The second kappa shape index (κ2) is 13.3. The number of likely N-dealkylation sites (tertiary alicyclic amines) is 2. The number of hydrogen-bond donors (Lipinski definition) is 1. The number of hydrogen-bond acceptors (Lipinski definition) is 6. The van der Waals surface area contributed by atoms with Crippen LogP contribution in [0.4, 0.5) is 8.78 Å². The Labute approximate surface area is 277 Å². The van der Waals surface area contributed by atoms with Gasteiger partial charge in [0.25, 0.3) is 0 Å². The van der Waals surface area contributed by atoms with Crippen molar-refractivity contribution in [2.45, 2.75) is 45.4 Å². The van der Waals surface area contributed by atoms with Crippen LogP contribution < -0.4 is 0 Å². The molecule has 5 aromatic rings. The summed E-state index contributed by atoms with van der Waals surface area (Å²) >= 11 is 1.44. The number of carbonyl (C=O) groups is 1. The molecule has 2 fully saturated rings. The topological polar surface area (TPSA) is 74.0 Å². The standard InChI is InChI=1S/C37H39F2N5O2S/c1-3-31-36(30-10-9-29(23(2)35(30)39)37-41-32(22-47-37)26-4-7-28(38)8-5-26)44-19-27(6-11-33(44)40-31)25-13-15-42(16-14-25)20-34(46)43-17-12-24(18-43)21-45/h4-11,19,22,24-25,45H,3,12-18,20-21H2,1-2H3. The number of nitrogens with zero attached hydrogens (tertiary/aromatic N) is 5. The third-order valence-electron chi connectivity index (χ3n) is 9.88. The van der Waals surface area contributed by atoms with E-state index in [-0.39, 0.29) is 30.1 Å². The number of aryl methyl sites for hydroxylation is 1. The first kappa shape index (κ1) is 31.6. The van der Waals surface area contributed by atoms with E-state index in [9.17, 15) is 14.3 Å². The number of fused-ring (bicyclic) bond motifs is 1. The lowest BCUT2D eigenvalue weighted by Gasteiger charge is -2.32. The predicted molar refractivity (Wildman–Crippen MR) is 181 cm³/mol. The van der Waals surface area contributed by atoms with Crippen LogP contribution >= 0.6 is 11.3 Å². The molecule has 0 saturated carbocycles. The number of imidazole rings is 1. The minimum Gasteiger partial charge on any atom is -0.396 e. The molecule has 1 amide bonds. The van der Waals surface area contributed by atoms with Gasteiger partial charge in [-0.2, -0.15) is 0 Å². The minimum absolute atomic E-state index is 0.142. The van der Waals surface area contributed by atoms with Crippen LogP contribution in [0.2, 0.25) is 0 Å². The minimum atomic E-state index is -0.297. The van der Waals surface area contributed by atoms with Crippen molar-refractivity contribution >= 4 is 22.9 Å². The average Bonchev–Trinajstić information content (AvgIpc) is 3.85. The van der Waals surface area contributed by atoms with Crippen molar-refractivity contribution in [1.29, 1.82) is 0 Å². The van der Waals surface area contributed by atoms with E-state index in [4.69, 9.17) is 9.97 Å². The number of thiazole rings is 1. The molecule has 47 heavy (non-hydrogen) atoms. The maximum absolute atomic E-state index is 16.3. The number of aliphatic hydroxyl groups excluding tert-OH is 1. The molecule has 244 valence electrons. The Morgan fingerprint density at radius 2 is 1.74 bits per heavy atom. The van der Waals surface area contributed by atoms with Gasteiger partial charge in [-0.25, -0.2) is 18.7 Å². The summed E-state index contributed by atoms with van der Waals surface area (Å²) in [5, 5.41) is 12.1. The van der Waals surface area contributed by atoms with Crippen LogP contribution in [0.1, 0.15) is 48.9 Å². The maximum Gasteiger partial charge on any atom is 0.236 e. The van der Waals surface area contributed by atoms with Crippen molar-refractivity contribution in [3.63, 3.8) is 0 Å². The summed E-state index contributed by atoms with van der Waals surface area (Å²) in [5.41, 5.74) is 6.94. The summed E-state index contributed by atoms with van der Waals surface area (Å²) in [4.78, 5) is 26.6. The summed E-state index contributed by atoms with van der Waals surface area (Å²) in [6, 6.07) is 14.2. The number of pyridine rings is 1. The number of aromatic nitrogens is 3. The molecule has 1 N–H and O–H groups in total. The molecule has 0 bridgehead atoms. The van der Waals surface area contributed by atoms with Gasteiger partial charge in [0.05, 0.1) is 23.6 Å². The van der Waals surface area contributed by atoms with Gasteiger partial charge in [0, 0.05) is 53.9 Å². The molecule has 2 aliphatic rings. The molecule has 7 nitrogen and oxygen atoms in total. The van der Waals surface area contributed by atoms with E-state index in [1.165, 1.54) is 29.0 Å². The van der Waals surface area contributed by atoms with E-state index in [0.717, 1.165) is 72.8 Å². The first-order valence-electron chi connectivity index (χ1n) is 16.5. The quantitative estimate of drug-likeness (QED) is 0.196. The molecule has 1 atom stereocenters. The largest absolute Gasteiger partial charge is 0.396 e. The Hall–Kier alpha value is -3.99. The zero-order chi connectivity index (χ0) is 32.7. The third kappa shape index (κ3) is 6.22. The van der Waals surface area contributed by atoms with Gasteiger partial charge in [0.2, 0.25) is 5.91 Å². The first-order valence-corrected chi connectivity index (χ1v) is 17.3. The molecule has 10 heteroatoms. The van der Waals surface area contributed by atoms with Gasteiger partial charge >= 0.3 is 0 Å². The number of halogens is 2. The van der Waals surface area contributed by atoms with Crippen molar-refractivity contribution in [2.75, 3.05) is 39.3 Å². The molecule has 5 heterocycles. The Kier molecular flexibility index (Phi) is 8.91. The fourth-order valence-electron chi connectivity index (χ4n) is 7.06. The number of aliphatic hydroxyl groups is 1. The van der Waals surface area contributed by atoms with Gasteiger partial charge in [0.1, 0.15) is 22.3 Å². The number of piperidine rings is 1. The SMILES string of the molecule is CCc1nc2ccc(C3CCN(CC(=O)N4CCC(CO)C4)CC3)cn2c1-c1ccc(-c2nc(-c3ccc(F)cc3)cs2)c(C)c1F. The zero-order valence-electron chi connectivity index (χ0n) is 26.8. The highest BCUT2D eigenvalue weighted by Gasteiger charge is 2.29. The van der Waals surface area contributed by atoms with Crippen LogP contribution in [-0.2, 0) is 11.2 Å². The Morgan fingerprint density at radius 1 is 0.979 bits per heavy atom. The van der Waals surface area contributed by atoms with E-state index in [1.54, 1.807) is 19.1 Å². The fraction of sp³-hybridized carbons (Fsp3) is 0.378. The molecule has 7 rings (SSSR count). The number of amides is 1. The molecule has 2 saturated heterocycles. The molecule has 0 radical (unpaired) electrons. The van der Waals surface area contributed by atoms with E-state index >= 15 is 4.39 Å². The highest BCUT2D eigenvalue weighted by atomic mass is 32.1. The van der Waals surface area contributed by atoms with Gasteiger partial charge in [-0.15, -0.1) is 11.3 Å². The lowest BCUT2D eigenvalue weighted by Crippen LogP contribution is -2.42. The van der Waals surface area contributed by atoms with Crippen molar-refractivity contribution in [3.05, 3.63) is 88.6 Å². The number of benzene rings is 2. The van der Waals surface area contributed by atoms with Crippen molar-refractivity contribution in [1.82, 2.24) is 24.2 Å². The summed E-state index contributed by atoms with van der Waals surface area (Å²) in [6.45, 7) is 7.49. The van der Waals surface area contributed by atoms with Gasteiger partial charge in [-0.05, 0) is 99.1 Å². The maximum atomic E-state index is 16.3. The zero-order valence-corrected chi connectivity index (χ0v) is 27.6. The van der Waals surface area contributed by atoms with Crippen LogP contribution in [0.3, 0.4) is 0 Å². The molecule has 0 spiro atoms. The highest BCUT2D eigenvalue weighted by molar-refractivity contribution is 7.13. The molecule has 1 unspecified atom stereocenters. The fourth-order valence-corrected chi connectivity index (χ4v) is 7.97. The summed E-state index contributed by atoms with van der Waals surface area (Å²) in [5.74, 6) is 0.114. The summed E-state index contributed by atoms with van der Waals surface area (Å²) < 4.78 is 31.8. The third-order valence-corrected chi connectivity index (χ3v) is 10.8. The van der Waals surface area contributed by atoms with Gasteiger partial charge < -0.3 is 10.0 Å². The monoisotopic (exact) mass is 655 g/mol. The second-order valence-electron chi connectivity index (χ2n) is 12.8. The van der Waals surface area contributed by atoms with Crippen LogP contribution in [0.15, 0.2) is 60.1 Å². The molecular weight excluding hydrogens is 617 g/mol. The van der Waals surface area contributed by atoms with Crippen LogP contribution in [-0.4, -0.2) is 74.5 Å². The lowest BCUT2D eigenvalue weighted by molar-refractivity contribution is -0.131. The Balaban J connectivity index is 1.11. The highest BCUT2D eigenvalue weighted by Crippen LogP contribution is 2.37. The lowest BCUT2D eigenvalue weighted by atomic mass is 9.90. The van der Waals surface area contributed by atoms with Gasteiger partial charge in [-0.1, -0.05) is 19.1 Å². The van der Waals surface area contributed by atoms with E-state index in [0.29, 0.717) is 41.6 Å². The number of rotatable bonds is 8. The van der Waals surface area contributed by atoms with E-state index in [1.807, 2.05) is 39.8 Å². The van der Waals surface area contributed by atoms with E-state index in [2.05, 4.69) is 17.2 Å². The first-order chi connectivity index (χ1) is 22.8. The molecule has 2 aromatic carbocycles.